The van der Waals surface area contributed by atoms with Crippen LogP contribution in [0.4, 0.5) is 0 Å². The molecule has 0 spiro atoms. The molecule has 8 aliphatic rings. The lowest BCUT2D eigenvalue weighted by atomic mass is 9.93. The van der Waals surface area contributed by atoms with Crippen LogP contribution in [0.1, 0.15) is 27.7 Å². The molecule has 8 saturated heterocycles. The highest BCUT2D eigenvalue weighted by atomic mass is 32.3. The maximum atomic E-state index is 13.3. The van der Waals surface area contributed by atoms with Crippen molar-refractivity contribution in [2.75, 3.05) is 26.4 Å². The van der Waals surface area contributed by atoms with Crippen molar-refractivity contribution >= 4 is 89.1 Å². The van der Waals surface area contributed by atoms with E-state index in [-0.39, 0.29) is 0 Å². The summed E-state index contributed by atoms with van der Waals surface area (Å²) < 4.78 is 234. The van der Waals surface area contributed by atoms with Crippen LogP contribution in [0.3, 0.4) is 0 Å². The van der Waals surface area contributed by atoms with Gasteiger partial charge in [-0.2, -0.15) is 33.7 Å². The molecule has 65 heteroatoms. The summed E-state index contributed by atoms with van der Waals surface area (Å²) in [6.07, 6.45) is -92.0. The number of carboxylic acid groups (broad SMARTS) is 4. The van der Waals surface area contributed by atoms with Crippen molar-refractivity contribution in [1.29, 1.82) is 0 Å². The van der Waals surface area contributed by atoms with Gasteiger partial charge in [0.05, 0.1) is 26.4 Å². The molecule has 8 aliphatic heterocycles. The van der Waals surface area contributed by atoms with Gasteiger partial charge in [-0.15, -0.1) is 0 Å². The number of ether oxygens (including phenoxy) is 15. The van der Waals surface area contributed by atoms with E-state index in [4.69, 9.17) is 75.6 Å². The van der Waals surface area contributed by atoms with E-state index in [1.807, 2.05) is 5.32 Å². The van der Waals surface area contributed by atoms with Gasteiger partial charge in [-0.1, -0.05) is 0 Å². The number of nitrogens with one attached hydrogen (secondary N) is 4. The van der Waals surface area contributed by atoms with Gasteiger partial charge < -0.3 is 184 Å². The fourth-order valence-corrected chi connectivity index (χ4v) is 14.8. The molecular weight excluding hydrogens is 1770 g/mol. The lowest BCUT2D eigenvalue weighted by molar-refractivity contribution is -0.381. The summed E-state index contributed by atoms with van der Waals surface area (Å²) >= 11 is 0. The van der Waals surface area contributed by atoms with Crippen molar-refractivity contribution in [2.45, 2.75) is 273 Å². The Hall–Kier alpha value is -5.92. The van der Waals surface area contributed by atoms with Crippen LogP contribution in [0.5, 0.6) is 0 Å². The second-order valence-electron chi connectivity index (χ2n) is 27.6. The fourth-order valence-electron chi connectivity index (χ4n) is 13.6. The molecular formula is C56H86N4O57S4. The van der Waals surface area contributed by atoms with Gasteiger partial charge in [0, 0.05) is 27.7 Å². The molecule has 0 aromatic rings. The Kier molecular flexibility index (Phi) is 33.9. The molecule has 40 atom stereocenters. The van der Waals surface area contributed by atoms with E-state index in [1.54, 1.807) is 0 Å². The van der Waals surface area contributed by atoms with E-state index in [0.29, 0.717) is 6.92 Å². The van der Waals surface area contributed by atoms with E-state index < -0.39 is 361 Å². The van der Waals surface area contributed by atoms with E-state index in [0.717, 1.165) is 20.8 Å². The Bertz CT molecular complexity index is 4100. The number of hydrogen-bond acceptors (Lipinski definition) is 49. The largest absolute Gasteiger partial charge is 0.479 e. The van der Waals surface area contributed by atoms with Crippen LogP contribution >= 0.6 is 0 Å². The third-order valence-corrected chi connectivity index (χ3v) is 20.7. The molecule has 0 radical (unpaired) electrons. The molecule has 121 heavy (non-hydrogen) atoms. The fraction of sp³-hybridized carbons (Fsp3) is 0.857. The zero-order valence-corrected chi connectivity index (χ0v) is 64.9. The molecule has 0 aromatic heterocycles. The molecule has 8 heterocycles. The summed E-state index contributed by atoms with van der Waals surface area (Å²) in [7, 11) is -22.3. The molecule has 26 N–H and O–H groups in total. The first-order valence-corrected chi connectivity index (χ1v) is 40.2. The minimum Gasteiger partial charge on any atom is -0.479 e. The summed E-state index contributed by atoms with van der Waals surface area (Å²) in [4.78, 5) is 102. The predicted molar refractivity (Wildman–Crippen MR) is 355 cm³/mol. The Labute approximate surface area is 677 Å². The zero-order valence-electron chi connectivity index (χ0n) is 61.7. The van der Waals surface area contributed by atoms with Crippen molar-refractivity contribution in [3.05, 3.63) is 0 Å². The third-order valence-electron chi connectivity index (χ3n) is 18.9. The van der Waals surface area contributed by atoms with Crippen LogP contribution in [0, 0.1) is 0 Å². The average molecular weight is 1860 g/mol. The number of aliphatic carboxylic acids is 4. The average Bonchev–Trinajstić information content (AvgIpc) is 0.764. The number of rotatable bonds is 34. The van der Waals surface area contributed by atoms with E-state index in [9.17, 15) is 178 Å². The number of aliphatic hydroxyl groups excluding tert-OH is 14. The second kappa shape index (κ2) is 40.8. The number of carbonyl (C=O) groups excluding carboxylic acids is 4. The summed E-state index contributed by atoms with van der Waals surface area (Å²) in [6, 6.07) is -8.86. The van der Waals surface area contributed by atoms with Crippen LogP contribution in [0.2, 0.25) is 0 Å². The SMILES string of the molecule is CC(=O)N[C@H]1[C@@H](O[C@H]2[C@H](O)[C@@H](O)[C@@H](O[C@H]3[C@H](O)[C@@H](NC(C)=O)[C@@H](O[C@H]4[C@H](O)[C@@H](O)[C@H](O)O[C@@H]4C(=O)O)O[C@@H]3COS(=O)(=O)O)O[C@H]2C(=O)O)O[C@H](COS(=O)(=O)O)[C@@H](O[C@@H]2O[C@H](C(=O)O)[C@@H](O[C@H]3O[C@H](COS(=O)(=O)O)[C@@H](O[C@H]4O[C@@H](C(=O)O)[C@@H](O[C@H]5O[C@H](COS(=O)(=O)O)[C@@H](O)[C@H](O)[C@H]5NC(C)=O)[C@H](O)[C@H]4O)[C@H](O)[C@H]3NC(C)=O)[C@H](O)[C@H]2O)[C@@H]1O. The summed E-state index contributed by atoms with van der Waals surface area (Å²) in [5, 5.41) is 209. The standard InChI is InChI=1S/C56H86N4O57S4/c1-9(61)57-17-22(66)21(65)13(5-99-118(87,88)89)103-50(17)112-38-27(71)31(75)54(115-42(38)46(80)81)109-35-15(7-101-120(93,94)95)105-52(19(24(35)68)59-11(3)63)114-40-29(73)33(77)56(117-44(40)48(84)85)110-36-16(8-102-121(96,97)98)106-53(20(25(36)69)60-12(4)64)113-39-28(72)32(76)55(116-43(39)47(82)83)108-34-14(6-100-119(90,91)92)104-51(18(23(34)67)58-10(2)62)111-37-26(70)30(74)49(86)107-41(37)45(78)79/h13-44,49-56,65-77,86H,5-8H2,1-4H3,(H,57,61)(H,58,62)(H,59,63)(H,60,64)(H,78,79)(H,80,81)(H,82,83)(H,84,85)(H,87,88,89)(H,90,91,92)(H,93,94,95)(H,96,97,98)/t13-,14-,15-,16-,17-,18-,19-,20-,21-,22-,23-,24-,25-,26-,27-,28-,29-,30-,31-,32-,33-,34-,35-,36-,37+,38+,39+,40+,41+,42-,43-,44+,49-,50-,51-,52-,53-,54+,55+,56-/m1/s1. The number of carboxylic acids is 4. The maximum Gasteiger partial charge on any atom is 0.397 e. The van der Waals surface area contributed by atoms with Crippen molar-refractivity contribution in [3.8, 4) is 0 Å². The number of aliphatic hydroxyl groups is 14. The highest BCUT2D eigenvalue weighted by Crippen LogP contribution is 2.40. The lowest BCUT2D eigenvalue weighted by Gasteiger charge is -2.50. The van der Waals surface area contributed by atoms with Gasteiger partial charge in [0.25, 0.3) is 0 Å². The molecule has 696 valence electrons. The highest BCUT2D eigenvalue weighted by molar-refractivity contribution is 7.81. The first kappa shape index (κ1) is 100. The molecule has 0 saturated carbocycles. The van der Waals surface area contributed by atoms with Crippen LogP contribution in [-0.4, -0.2) is 463 Å². The topological polar surface area (TPSA) is 942 Å². The number of hydrogen-bond donors (Lipinski definition) is 26. The maximum absolute atomic E-state index is 13.3. The highest BCUT2D eigenvalue weighted by Gasteiger charge is 2.63. The first-order chi connectivity index (χ1) is 55.9. The van der Waals surface area contributed by atoms with Crippen LogP contribution < -0.4 is 21.3 Å². The molecule has 61 nitrogen and oxygen atoms in total. The van der Waals surface area contributed by atoms with E-state index in [2.05, 4.69) is 32.7 Å². The van der Waals surface area contributed by atoms with Crippen LogP contribution in [0.15, 0.2) is 0 Å². The Morgan fingerprint density at radius 2 is 0.463 bits per heavy atom. The van der Waals surface area contributed by atoms with Gasteiger partial charge in [0.2, 0.25) is 23.6 Å². The van der Waals surface area contributed by atoms with Crippen molar-refractivity contribution in [2.24, 2.45) is 0 Å². The van der Waals surface area contributed by atoms with Gasteiger partial charge >= 0.3 is 65.5 Å². The van der Waals surface area contributed by atoms with E-state index >= 15 is 0 Å². The normalized spacial score (nSPS) is 42.7. The monoisotopic (exact) mass is 1850 g/mol. The van der Waals surface area contributed by atoms with Crippen molar-refractivity contribution in [1.82, 2.24) is 21.3 Å². The minimum absolute atomic E-state index is 0.713. The summed E-state index contributed by atoms with van der Waals surface area (Å²) in [5.74, 6) is -13.2. The van der Waals surface area contributed by atoms with Gasteiger partial charge in [0.15, 0.2) is 74.7 Å². The number of amides is 4. The number of carbonyl (C=O) groups is 8. The van der Waals surface area contributed by atoms with E-state index in [1.165, 1.54) is 0 Å². The van der Waals surface area contributed by atoms with Gasteiger partial charge in [-0.25, -0.2) is 35.9 Å². The van der Waals surface area contributed by atoms with Crippen molar-refractivity contribution in [3.63, 3.8) is 0 Å². The minimum atomic E-state index is -5.71. The molecule has 0 aromatic carbocycles. The van der Waals surface area contributed by atoms with Crippen LogP contribution in [0.25, 0.3) is 0 Å². The Balaban J connectivity index is 1.03. The Morgan fingerprint density at radius 1 is 0.256 bits per heavy atom. The van der Waals surface area contributed by atoms with Crippen molar-refractivity contribution < 1.29 is 270 Å². The van der Waals surface area contributed by atoms with Gasteiger partial charge in [-0.3, -0.25) is 37.4 Å². The quantitative estimate of drug-likeness (QED) is 0.0266. The molecule has 0 bridgehead atoms. The predicted octanol–water partition coefficient (Wildman–Crippen LogP) is -18.2. The smallest absolute Gasteiger partial charge is 0.397 e. The second-order valence-corrected chi connectivity index (χ2v) is 31.9. The summed E-state index contributed by atoms with van der Waals surface area (Å²) in [5.41, 5.74) is 0. The summed E-state index contributed by atoms with van der Waals surface area (Å²) in [6.45, 7) is -3.08. The lowest BCUT2D eigenvalue weighted by Crippen LogP contribution is -2.71. The first-order valence-electron chi connectivity index (χ1n) is 34.7. The molecule has 0 aliphatic carbocycles. The molecule has 8 rings (SSSR count). The van der Waals surface area contributed by atoms with Gasteiger partial charge in [0.1, 0.15) is 171 Å². The molecule has 4 amide bonds. The van der Waals surface area contributed by atoms with Crippen LogP contribution in [-0.2, 0) is 168 Å². The van der Waals surface area contributed by atoms with Gasteiger partial charge in [-0.05, 0) is 0 Å². The Morgan fingerprint density at radius 3 is 0.694 bits per heavy atom. The third kappa shape index (κ3) is 25.3. The molecule has 0 unspecified atom stereocenters. The zero-order chi connectivity index (χ0) is 90.8. The molecule has 8 fully saturated rings.